The molecule has 3 aromatic rings. The fourth-order valence-corrected chi connectivity index (χ4v) is 3.86. The Labute approximate surface area is 145 Å². The number of pyridine rings is 2. The number of anilines is 1. The Bertz CT molecular complexity index is 945. The summed E-state index contributed by atoms with van der Waals surface area (Å²) in [6, 6.07) is 4.55. The highest BCUT2D eigenvalue weighted by Gasteiger charge is 2.31. The van der Waals surface area contributed by atoms with E-state index in [1.807, 2.05) is 18.5 Å². The molecule has 4 heterocycles. The number of rotatable bonds is 3. The molecule has 3 aromatic heterocycles. The van der Waals surface area contributed by atoms with Gasteiger partial charge in [0.15, 0.2) is 5.65 Å². The molecule has 1 saturated carbocycles. The topological polar surface area (TPSA) is 73.9 Å². The van der Waals surface area contributed by atoms with E-state index in [1.54, 1.807) is 6.20 Å². The maximum Gasteiger partial charge on any atom is 0.225 e. The van der Waals surface area contributed by atoms with E-state index in [2.05, 4.69) is 31.2 Å². The van der Waals surface area contributed by atoms with Gasteiger partial charge in [-0.25, -0.2) is 9.97 Å². The minimum Gasteiger partial charge on any atom is -0.370 e. The van der Waals surface area contributed by atoms with Gasteiger partial charge in [-0.1, -0.05) is 0 Å². The summed E-state index contributed by atoms with van der Waals surface area (Å²) in [6.45, 7) is 1.75. The molecule has 2 fully saturated rings. The fraction of sp³-hybridized carbons (Fsp3) is 0.421. The Morgan fingerprint density at radius 1 is 1.24 bits per heavy atom. The first-order chi connectivity index (χ1) is 12.3. The summed E-state index contributed by atoms with van der Waals surface area (Å²) in [5, 5.41) is 5.38. The quantitative estimate of drug-likeness (QED) is 0.771. The van der Waals surface area contributed by atoms with Crippen molar-refractivity contribution in [1.82, 2.24) is 20.3 Å². The van der Waals surface area contributed by atoms with Gasteiger partial charge in [-0.3, -0.25) is 4.79 Å². The molecular weight excluding hydrogens is 314 g/mol. The first-order valence-electron chi connectivity index (χ1n) is 9.06. The highest BCUT2D eigenvalue weighted by atomic mass is 16.2. The number of hydrogen-bond donors (Lipinski definition) is 2. The molecule has 1 amide bonds. The molecule has 5 rings (SSSR count). The monoisotopic (exact) mass is 335 g/mol. The van der Waals surface area contributed by atoms with Crippen LogP contribution in [0.15, 0.2) is 30.7 Å². The third kappa shape index (κ3) is 2.62. The molecule has 1 atom stereocenters. The predicted molar refractivity (Wildman–Crippen MR) is 97.5 cm³/mol. The van der Waals surface area contributed by atoms with Crippen LogP contribution in [-0.2, 0) is 4.79 Å². The molecule has 1 unspecified atom stereocenters. The number of hydrogen-bond acceptors (Lipinski definition) is 4. The zero-order valence-corrected chi connectivity index (χ0v) is 14.0. The maximum absolute atomic E-state index is 12.5. The zero-order valence-electron chi connectivity index (χ0n) is 14.0. The van der Waals surface area contributed by atoms with E-state index in [0.717, 1.165) is 66.4 Å². The highest BCUT2D eigenvalue weighted by molar-refractivity contribution is 6.10. The van der Waals surface area contributed by atoms with Crippen molar-refractivity contribution in [2.45, 2.75) is 31.7 Å². The van der Waals surface area contributed by atoms with Gasteiger partial charge >= 0.3 is 0 Å². The average molecular weight is 335 g/mol. The van der Waals surface area contributed by atoms with E-state index in [4.69, 9.17) is 0 Å². The van der Waals surface area contributed by atoms with Crippen LogP contribution >= 0.6 is 0 Å². The van der Waals surface area contributed by atoms with Gasteiger partial charge in [-0.15, -0.1) is 0 Å². The summed E-state index contributed by atoms with van der Waals surface area (Å²) in [5.74, 6) is 0.296. The van der Waals surface area contributed by atoms with Crippen molar-refractivity contribution in [3.05, 3.63) is 30.7 Å². The fourth-order valence-electron chi connectivity index (χ4n) is 3.86. The minimum atomic E-state index is 0.0729. The minimum absolute atomic E-state index is 0.0729. The van der Waals surface area contributed by atoms with Gasteiger partial charge in [0.1, 0.15) is 0 Å². The molecule has 1 saturated heterocycles. The van der Waals surface area contributed by atoms with Crippen LogP contribution in [0.5, 0.6) is 0 Å². The number of aromatic amines is 1. The van der Waals surface area contributed by atoms with E-state index < -0.39 is 0 Å². The first-order valence-corrected chi connectivity index (χ1v) is 9.06. The third-order valence-electron chi connectivity index (χ3n) is 5.33. The lowest BCUT2D eigenvalue weighted by molar-refractivity contribution is -0.125. The molecule has 0 spiro atoms. The summed E-state index contributed by atoms with van der Waals surface area (Å²) in [6.07, 6.45) is 9.88. The van der Waals surface area contributed by atoms with Crippen molar-refractivity contribution in [3.8, 4) is 0 Å². The van der Waals surface area contributed by atoms with Gasteiger partial charge < -0.3 is 15.2 Å². The van der Waals surface area contributed by atoms with Gasteiger partial charge in [0.2, 0.25) is 5.91 Å². The summed E-state index contributed by atoms with van der Waals surface area (Å²) in [4.78, 5) is 26.9. The Balaban J connectivity index is 1.51. The second-order valence-corrected chi connectivity index (χ2v) is 7.16. The third-order valence-corrected chi connectivity index (χ3v) is 5.33. The number of H-pyrrole nitrogens is 1. The van der Waals surface area contributed by atoms with Crippen LogP contribution in [0, 0.1) is 5.92 Å². The number of carbonyl (C=O) groups excluding carboxylic acids is 1. The van der Waals surface area contributed by atoms with E-state index in [0.29, 0.717) is 6.04 Å². The van der Waals surface area contributed by atoms with Gasteiger partial charge in [-0.05, 0) is 37.8 Å². The van der Waals surface area contributed by atoms with E-state index in [-0.39, 0.29) is 11.8 Å². The maximum atomic E-state index is 12.5. The lowest BCUT2D eigenvalue weighted by atomic mass is 9.96. The largest absolute Gasteiger partial charge is 0.370 e. The van der Waals surface area contributed by atoms with Crippen LogP contribution in [0.25, 0.3) is 21.9 Å². The molecule has 2 N–H and O–H groups in total. The Hall–Kier alpha value is -2.63. The first kappa shape index (κ1) is 14.7. The van der Waals surface area contributed by atoms with Gasteiger partial charge in [0, 0.05) is 48.0 Å². The SMILES string of the molecule is O=C(NC1CC1)C1CCCN(c2cc[nH]c3cnc4nccc4c23)C1. The second kappa shape index (κ2) is 5.72. The van der Waals surface area contributed by atoms with E-state index >= 15 is 0 Å². The summed E-state index contributed by atoms with van der Waals surface area (Å²) in [5.41, 5.74) is 2.94. The Kier molecular flexibility index (Phi) is 3.36. The molecule has 0 bridgehead atoms. The van der Waals surface area contributed by atoms with Crippen molar-refractivity contribution < 1.29 is 4.79 Å². The molecule has 1 aliphatic heterocycles. The van der Waals surface area contributed by atoms with E-state index in [9.17, 15) is 4.79 Å². The van der Waals surface area contributed by atoms with Crippen LogP contribution in [0.2, 0.25) is 0 Å². The number of fused-ring (bicyclic) bond motifs is 3. The normalized spacial score (nSPS) is 21.0. The molecule has 128 valence electrons. The number of piperidine rings is 1. The molecule has 6 heteroatoms. The predicted octanol–water partition coefficient (Wildman–Crippen LogP) is 2.61. The number of carbonyl (C=O) groups is 1. The number of amides is 1. The van der Waals surface area contributed by atoms with E-state index in [1.165, 1.54) is 0 Å². The molecule has 2 aliphatic rings. The number of aromatic nitrogens is 3. The van der Waals surface area contributed by atoms with Crippen molar-refractivity contribution in [1.29, 1.82) is 0 Å². The Morgan fingerprint density at radius 2 is 2.16 bits per heavy atom. The van der Waals surface area contributed by atoms with Gasteiger partial charge in [0.05, 0.1) is 17.6 Å². The van der Waals surface area contributed by atoms with Crippen molar-refractivity contribution >= 4 is 33.5 Å². The zero-order chi connectivity index (χ0) is 16.8. The van der Waals surface area contributed by atoms with Crippen LogP contribution in [0.4, 0.5) is 5.69 Å². The summed E-state index contributed by atoms with van der Waals surface area (Å²) < 4.78 is 0. The molecule has 0 radical (unpaired) electrons. The van der Waals surface area contributed by atoms with Crippen molar-refractivity contribution in [2.75, 3.05) is 18.0 Å². The van der Waals surface area contributed by atoms with Crippen molar-refractivity contribution in [3.63, 3.8) is 0 Å². The standard InChI is InChI=1S/C19H21N5O/c25-19(23-13-3-4-13)12-2-1-9-24(11-12)16-6-8-20-15-10-22-18-14(17(15)16)5-7-21-18/h5-8,10,12-13,20H,1-4,9,11H2,(H,23,25). The van der Waals surface area contributed by atoms with Crippen molar-refractivity contribution in [2.24, 2.45) is 5.92 Å². The lowest BCUT2D eigenvalue weighted by Gasteiger charge is -2.34. The number of nitrogens with zero attached hydrogens (tertiary/aromatic N) is 3. The van der Waals surface area contributed by atoms with Gasteiger partial charge in [0.25, 0.3) is 0 Å². The number of nitrogens with one attached hydrogen (secondary N) is 2. The molecule has 6 nitrogen and oxygen atoms in total. The molecule has 0 aromatic carbocycles. The van der Waals surface area contributed by atoms with Gasteiger partial charge in [-0.2, -0.15) is 0 Å². The van der Waals surface area contributed by atoms with Crippen LogP contribution in [0.1, 0.15) is 25.7 Å². The highest BCUT2D eigenvalue weighted by Crippen LogP contribution is 2.33. The smallest absolute Gasteiger partial charge is 0.225 e. The summed E-state index contributed by atoms with van der Waals surface area (Å²) in [7, 11) is 0. The molecule has 25 heavy (non-hydrogen) atoms. The summed E-state index contributed by atoms with van der Waals surface area (Å²) >= 11 is 0. The Morgan fingerprint density at radius 3 is 3.04 bits per heavy atom. The second-order valence-electron chi connectivity index (χ2n) is 7.16. The molecular formula is C19H21N5O. The molecule has 1 aliphatic carbocycles. The van der Waals surface area contributed by atoms with Crippen LogP contribution in [-0.4, -0.2) is 40.0 Å². The average Bonchev–Trinajstić information content (AvgIpc) is 3.33. The van der Waals surface area contributed by atoms with Crippen LogP contribution in [0.3, 0.4) is 0 Å². The lowest BCUT2D eigenvalue weighted by Crippen LogP contribution is -2.43. The van der Waals surface area contributed by atoms with Crippen LogP contribution < -0.4 is 10.2 Å².